The molecule has 1 aliphatic carbocycles. The van der Waals surface area contributed by atoms with Gasteiger partial charge < -0.3 is 9.52 Å². The Hall–Kier alpha value is -1.04. The summed E-state index contributed by atoms with van der Waals surface area (Å²) in [5.41, 5.74) is 0.0319. The number of carboxylic acids is 1. The van der Waals surface area contributed by atoms with Gasteiger partial charge in [0.25, 0.3) is 0 Å². The molecule has 6 heteroatoms. The molecule has 1 heterocycles. The summed E-state index contributed by atoms with van der Waals surface area (Å²) < 4.78 is 5.39. The van der Waals surface area contributed by atoms with E-state index in [1.807, 2.05) is 6.92 Å². The zero-order valence-corrected chi connectivity index (χ0v) is 10.6. The summed E-state index contributed by atoms with van der Waals surface area (Å²) in [5, 5.41) is 16.6. The Morgan fingerprint density at radius 1 is 1.47 bits per heavy atom. The summed E-state index contributed by atoms with van der Waals surface area (Å²) in [7, 11) is 0. The van der Waals surface area contributed by atoms with Gasteiger partial charge in [-0.3, -0.25) is 4.79 Å². The Labute approximate surface area is 104 Å². The van der Waals surface area contributed by atoms with Gasteiger partial charge in [0.15, 0.2) is 0 Å². The van der Waals surface area contributed by atoms with Crippen molar-refractivity contribution in [3.63, 3.8) is 0 Å². The predicted molar refractivity (Wildman–Crippen MR) is 63.8 cm³/mol. The van der Waals surface area contributed by atoms with Crippen LogP contribution in [0.1, 0.15) is 38.0 Å². The highest BCUT2D eigenvalue weighted by Crippen LogP contribution is 2.51. The molecule has 17 heavy (non-hydrogen) atoms. The van der Waals surface area contributed by atoms with Gasteiger partial charge in [-0.05, 0) is 24.0 Å². The molecule has 0 radical (unpaired) electrons. The van der Waals surface area contributed by atoms with Crippen molar-refractivity contribution in [2.75, 3.05) is 5.75 Å². The Balaban J connectivity index is 1.74. The fraction of sp³-hybridized carbons (Fsp3) is 0.727. The van der Waals surface area contributed by atoms with Gasteiger partial charge in [0, 0.05) is 6.42 Å². The molecule has 1 fully saturated rings. The number of hydrogen-bond acceptors (Lipinski definition) is 5. The molecule has 0 aliphatic heterocycles. The van der Waals surface area contributed by atoms with Crippen LogP contribution in [0.15, 0.2) is 4.42 Å². The number of hydrogen-bond donors (Lipinski definition) is 1. The number of aryl methyl sites for hydroxylation is 1. The molecule has 0 spiro atoms. The van der Waals surface area contributed by atoms with E-state index >= 15 is 0 Å². The Morgan fingerprint density at radius 3 is 2.71 bits per heavy atom. The maximum Gasteiger partial charge on any atom is 0.303 e. The van der Waals surface area contributed by atoms with Gasteiger partial charge in [-0.15, -0.1) is 10.2 Å². The summed E-state index contributed by atoms with van der Waals surface area (Å²) in [6.07, 6.45) is 3.08. The molecule has 1 aromatic heterocycles. The lowest BCUT2D eigenvalue weighted by molar-refractivity contribution is -0.138. The third-order valence-electron chi connectivity index (χ3n) is 2.93. The Morgan fingerprint density at radius 2 is 2.18 bits per heavy atom. The highest BCUT2D eigenvalue weighted by molar-refractivity contribution is 7.98. The van der Waals surface area contributed by atoms with E-state index < -0.39 is 5.97 Å². The van der Waals surface area contributed by atoms with Gasteiger partial charge in [0.1, 0.15) is 0 Å². The van der Waals surface area contributed by atoms with Crippen molar-refractivity contribution in [2.24, 2.45) is 5.41 Å². The SMILES string of the molecule is CCc1nnc(CSCC2(CC(=O)O)CC2)o1. The summed E-state index contributed by atoms with van der Waals surface area (Å²) in [5.74, 6) is 2.14. The average Bonchev–Trinajstić information content (AvgIpc) is 2.87. The van der Waals surface area contributed by atoms with Gasteiger partial charge in [0.05, 0.1) is 12.2 Å². The Bertz CT molecular complexity index is 401. The van der Waals surface area contributed by atoms with E-state index in [4.69, 9.17) is 9.52 Å². The smallest absolute Gasteiger partial charge is 0.303 e. The van der Waals surface area contributed by atoms with Crippen LogP contribution >= 0.6 is 11.8 Å². The molecule has 0 atom stereocenters. The van der Waals surface area contributed by atoms with Crippen molar-refractivity contribution in [2.45, 2.75) is 38.4 Å². The molecule has 2 rings (SSSR count). The summed E-state index contributed by atoms with van der Waals surface area (Å²) in [6, 6.07) is 0. The van der Waals surface area contributed by atoms with Gasteiger partial charge >= 0.3 is 5.97 Å². The van der Waals surface area contributed by atoms with E-state index in [0.717, 1.165) is 25.0 Å². The van der Waals surface area contributed by atoms with Gasteiger partial charge in [-0.2, -0.15) is 11.8 Å². The monoisotopic (exact) mass is 256 g/mol. The molecule has 1 aliphatic rings. The van der Waals surface area contributed by atoms with Crippen LogP contribution in [-0.2, 0) is 17.0 Å². The van der Waals surface area contributed by atoms with Crippen LogP contribution in [0.25, 0.3) is 0 Å². The van der Waals surface area contributed by atoms with Gasteiger partial charge in [0.2, 0.25) is 11.8 Å². The number of carbonyl (C=O) groups is 1. The maximum atomic E-state index is 10.7. The number of aromatic nitrogens is 2. The second-order valence-electron chi connectivity index (χ2n) is 4.51. The van der Waals surface area contributed by atoms with E-state index in [-0.39, 0.29) is 11.8 Å². The minimum Gasteiger partial charge on any atom is -0.481 e. The van der Waals surface area contributed by atoms with Gasteiger partial charge in [-0.1, -0.05) is 6.92 Å². The van der Waals surface area contributed by atoms with Crippen LogP contribution in [0, 0.1) is 5.41 Å². The lowest BCUT2D eigenvalue weighted by Gasteiger charge is -2.10. The topological polar surface area (TPSA) is 76.2 Å². The van der Waals surface area contributed by atoms with E-state index in [2.05, 4.69) is 10.2 Å². The molecule has 0 saturated heterocycles. The lowest BCUT2D eigenvalue weighted by atomic mass is 10.1. The second kappa shape index (κ2) is 5.08. The molecule has 0 aromatic carbocycles. The van der Waals surface area contributed by atoms with Gasteiger partial charge in [-0.25, -0.2) is 0 Å². The van der Waals surface area contributed by atoms with E-state index in [1.165, 1.54) is 0 Å². The molecular weight excluding hydrogens is 240 g/mol. The number of nitrogens with zero attached hydrogens (tertiary/aromatic N) is 2. The highest BCUT2D eigenvalue weighted by Gasteiger charge is 2.44. The second-order valence-corrected chi connectivity index (χ2v) is 5.49. The Kier molecular flexibility index (Phi) is 3.71. The van der Waals surface area contributed by atoms with Crippen LogP contribution in [0.4, 0.5) is 0 Å². The third-order valence-corrected chi connectivity index (χ3v) is 4.20. The van der Waals surface area contributed by atoms with Crippen LogP contribution < -0.4 is 0 Å². The molecule has 5 nitrogen and oxygen atoms in total. The van der Waals surface area contributed by atoms with Crippen molar-refractivity contribution < 1.29 is 14.3 Å². The first-order valence-electron chi connectivity index (χ1n) is 5.74. The largest absolute Gasteiger partial charge is 0.481 e. The maximum absolute atomic E-state index is 10.7. The van der Waals surface area contributed by atoms with Crippen LogP contribution in [0.5, 0.6) is 0 Å². The minimum absolute atomic E-state index is 0.0319. The summed E-state index contributed by atoms with van der Waals surface area (Å²) in [6.45, 7) is 1.97. The minimum atomic E-state index is -0.700. The molecule has 1 aromatic rings. The molecule has 1 saturated carbocycles. The van der Waals surface area contributed by atoms with E-state index in [0.29, 0.717) is 17.5 Å². The number of rotatable bonds is 7. The number of aliphatic carboxylic acids is 1. The molecule has 0 bridgehead atoms. The molecule has 1 N–H and O–H groups in total. The van der Waals surface area contributed by atoms with Crippen LogP contribution in [-0.4, -0.2) is 27.0 Å². The molecule has 94 valence electrons. The average molecular weight is 256 g/mol. The molecule has 0 amide bonds. The van der Waals surface area contributed by atoms with Crippen molar-refractivity contribution >= 4 is 17.7 Å². The number of thioether (sulfide) groups is 1. The van der Waals surface area contributed by atoms with E-state index in [1.54, 1.807) is 11.8 Å². The summed E-state index contributed by atoms with van der Waals surface area (Å²) in [4.78, 5) is 10.7. The van der Waals surface area contributed by atoms with E-state index in [9.17, 15) is 4.79 Å². The predicted octanol–water partition coefficient (Wildman–Crippen LogP) is 2.12. The quantitative estimate of drug-likeness (QED) is 0.805. The standard InChI is InChI=1S/C11H16N2O3S/c1-2-8-12-13-9(16-8)6-17-7-11(3-4-11)5-10(14)15/h2-7H2,1H3,(H,14,15). The van der Waals surface area contributed by atoms with Crippen molar-refractivity contribution in [3.8, 4) is 0 Å². The lowest BCUT2D eigenvalue weighted by Crippen LogP contribution is -2.11. The van der Waals surface area contributed by atoms with Crippen LogP contribution in [0.3, 0.4) is 0 Å². The summed E-state index contributed by atoms with van der Waals surface area (Å²) >= 11 is 1.68. The van der Waals surface area contributed by atoms with Crippen molar-refractivity contribution in [3.05, 3.63) is 11.8 Å². The zero-order chi connectivity index (χ0) is 12.3. The van der Waals surface area contributed by atoms with Crippen LogP contribution in [0.2, 0.25) is 0 Å². The van der Waals surface area contributed by atoms with Crippen molar-refractivity contribution in [1.82, 2.24) is 10.2 Å². The highest BCUT2D eigenvalue weighted by atomic mass is 32.2. The normalized spacial score (nSPS) is 17.0. The first-order chi connectivity index (χ1) is 8.13. The third kappa shape index (κ3) is 3.46. The first-order valence-corrected chi connectivity index (χ1v) is 6.90. The number of carboxylic acid groups (broad SMARTS) is 1. The molecular formula is C11H16N2O3S. The fourth-order valence-corrected chi connectivity index (χ4v) is 2.93. The fourth-order valence-electron chi connectivity index (χ4n) is 1.71. The first kappa shape index (κ1) is 12.4. The van der Waals surface area contributed by atoms with Crippen molar-refractivity contribution in [1.29, 1.82) is 0 Å². The molecule has 0 unspecified atom stereocenters. The zero-order valence-electron chi connectivity index (χ0n) is 9.81.